The molecule has 0 radical (unpaired) electrons. The summed E-state index contributed by atoms with van der Waals surface area (Å²) in [4.78, 5) is 12.1. The Balaban J connectivity index is 1.81. The molecule has 27 heavy (non-hydrogen) atoms. The number of para-hydroxylation sites is 1. The molecule has 0 fully saturated rings. The molecule has 1 atom stereocenters. The van der Waals surface area contributed by atoms with Gasteiger partial charge in [-0.2, -0.15) is 10.1 Å². The highest BCUT2D eigenvalue weighted by Gasteiger charge is 2.50. The van der Waals surface area contributed by atoms with Gasteiger partial charge in [-0.15, -0.1) is 11.6 Å². The first-order valence-corrected chi connectivity index (χ1v) is 9.72. The summed E-state index contributed by atoms with van der Waals surface area (Å²) in [5.41, 5.74) is 3.08. The zero-order valence-electron chi connectivity index (χ0n) is 14.3. The predicted octanol–water partition coefficient (Wildman–Crippen LogP) is 5.42. The first kappa shape index (κ1) is 18.0. The lowest BCUT2D eigenvalue weighted by Gasteiger charge is -2.22. The van der Waals surface area contributed by atoms with Crippen LogP contribution in [0.15, 0.2) is 94.5 Å². The number of carbonyl (C=O) groups is 1. The molecule has 0 aliphatic carbocycles. The van der Waals surface area contributed by atoms with Gasteiger partial charge in [0.1, 0.15) is 0 Å². The van der Waals surface area contributed by atoms with E-state index in [2.05, 4.69) is 21.0 Å². The van der Waals surface area contributed by atoms with Crippen LogP contribution in [0.5, 0.6) is 0 Å². The van der Waals surface area contributed by atoms with E-state index >= 15 is 0 Å². The van der Waals surface area contributed by atoms with Gasteiger partial charge in [0.15, 0.2) is 4.87 Å². The maximum atomic E-state index is 13.4. The van der Waals surface area contributed by atoms with Gasteiger partial charge < -0.3 is 0 Å². The third kappa shape index (κ3) is 3.43. The summed E-state index contributed by atoms with van der Waals surface area (Å²) in [7, 11) is 0. The van der Waals surface area contributed by atoms with E-state index in [1.54, 1.807) is 0 Å². The molecule has 0 aromatic heterocycles. The maximum Gasteiger partial charge on any atom is 0.275 e. The van der Waals surface area contributed by atoms with Gasteiger partial charge in [-0.25, -0.2) is 0 Å². The van der Waals surface area contributed by atoms with Gasteiger partial charge in [0.25, 0.3) is 5.91 Å². The highest BCUT2D eigenvalue weighted by Crippen LogP contribution is 2.37. The average molecular weight is 440 g/mol. The van der Waals surface area contributed by atoms with Gasteiger partial charge in [-0.05, 0) is 29.8 Å². The molecule has 1 heterocycles. The van der Waals surface area contributed by atoms with Crippen LogP contribution in [0.1, 0.15) is 11.1 Å². The molecule has 1 aliphatic rings. The third-order valence-electron chi connectivity index (χ3n) is 4.52. The highest BCUT2D eigenvalue weighted by molar-refractivity contribution is 9.10. The lowest BCUT2D eigenvalue weighted by Crippen LogP contribution is -2.43. The van der Waals surface area contributed by atoms with Crippen LogP contribution in [0.2, 0.25) is 0 Å². The minimum atomic E-state index is -1.26. The van der Waals surface area contributed by atoms with Crippen molar-refractivity contribution in [1.82, 2.24) is 0 Å². The normalized spacial score (nSPS) is 19.3. The van der Waals surface area contributed by atoms with E-state index in [-0.39, 0.29) is 5.91 Å². The largest absolute Gasteiger partial charge is 0.275 e. The number of halogens is 2. The second kappa shape index (κ2) is 7.29. The minimum absolute atomic E-state index is 0.239. The number of nitrogens with zero attached hydrogens (tertiary/aromatic N) is 2. The molecule has 5 heteroatoms. The summed E-state index contributed by atoms with van der Waals surface area (Å²) in [6.07, 6.45) is 0.368. The van der Waals surface area contributed by atoms with E-state index in [0.29, 0.717) is 17.8 Å². The fourth-order valence-electron chi connectivity index (χ4n) is 3.17. The molecular weight excluding hydrogens is 424 g/mol. The van der Waals surface area contributed by atoms with Crippen molar-refractivity contribution in [2.24, 2.45) is 5.10 Å². The van der Waals surface area contributed by atoms with E-state index in [0.717, 1.165) is 15.6 Å². The molecular formula is C22H16BrClN2O. The monoisotopic (exact) mass is 438 g/mol. The van der Waals surface area contributed by atoms with Crippen LogP contribution in [-0.2, 0) is 11.2 Å². The minimum Gasteiger partial charge on any atom is -0.270 e. The van der Waals surface area contributed by atoms with Crippen molar-refractivity contribution in [1.29, 1.82) is 0 Å². The SMILES string of the molecule is O=C1N(c2ccccc2)N=C(c2ccc(Br)cc2)[C@@]1(Cl)Cc1ccccc1. The number of amides is 1. The molecule has 0 saturated heterocycles. The van der Waals surface area contributed by atoms with E-state index in [1.165, 1.54) is 5.01 Å². The number of alkyl halides is 1. The summed E-state index contributed by atoms with van der Waals surface area (Å²) in [6.45, 7) is 0. The van der Waals surface area contributed by atoms with Crippen molar-refractivity contribution < 1.29 is 4.79 Å². The summed E-state index contributed by atoms with van der Waals surface area (Å²) in [5, 5.41) is 6.05. The number of hydrazone groups is 1. The highest BCUT2D eigenvalue weighted by atomic mass is 79.9. The number of hydrogen-bond acceptors (Lipinski definition) is 2. The van der Waals surface area contributed by atoms with Crippen LogP contribution in [0.4, 0.5) is 5.69 Å². The predicted molar refractivity (Wildman–Crippen MR) is 113 cm³/mol. The second-order valence-corrected chi connectivity index (χ2v) is 7.93. The molecule has 4 rings (SSSR count). The fourth-order valence-corrected chi connectivity index (χ4v) is 3.81. The summed E-state index contributed by atoms with van der Waals surface area (Å²) < 4.78 is 0.958. The van der Waals surface area contributed by atoms with Crippen LogP contribution < -0.4 is 5.01 Å². The van der Waals surface area contributed by atoms with E-state index in [4.69, 9.17) is 11.6 Å². The lowest BCUT2D eigenvalue weighted by atomic mass is 9.89. The number of anilines is 1. The van der Waals surface area contributed by atoms with Crippen LogP contribution in [0, 0.1) is 0 Å². The smallest absolute Gasteiger partial charge is 0.270 e. The number of hydrogen-bond donors (Lipinski definition) is 0. The van der Waals surface area contributed by atoms with Gasteiger partial charge in [-0.3, -0.25) is 4.79 Å². The molecule has 134 valence electrons. The Labute approximate surface area is 171 Å². The van der Waals surface area contributed by atoms with Crippen molar-refractivity contribution in [2.75, 3.05) is 5.01 Å². The first-order chi connectivity index (χ1) is 13.1. The van der Waals surface area contributed by atoms with Gasteiger partial charge >= 0.3 is 0 Å². The third-order valence-corrected chi connectivity index (χ3v) is 5.52. The summed E-state index contributed by atoms with van der Waals surface area (Å²) in [6, 6.07) is 26.8. The lowest BCUT2D eigenvalue weighted by molar-refractivity contribution is -0.118. The number of carbonyl (C=O) groups excluding carboxylic acids is 1. The Bertz CT molecular complexity index is 990. The summed E-state index contributed by atoms with van der Waals surface area (Å²) in [5.74, 6) is -0.239. The molecule has 0 saturated carbocycles. The van der Waals surface area contributed by atoms with Crippen LogP contribution in [0.25, 0.3) is 0 Å². The molecule has 3 aromatic carbocycles. The van der Waals surface area contributed by atoms with Gasteiger partial charge in [0, 0.05) is 16.5 Å². The van der Waals surface area contributed by atoms with Crippen molar-refractivity contribution >= 4 is 44.8 Å². The first-order valence-electron chi connectivity index (χ1n) is 8.55. The van der Waals surface area contributed by atoms with Gasteiger partial charge in [-0.1, -0.05) is 76.6 Å². The molecule has 0 bridgehead atoms. The van der Waals surface area contributed by atoms with Crippen LogP contribution in [0.3, 0.4) is 0 Å². The standard InChI is InChI=1S/C22H16BrClN2O/c23-18-13-11-17(12-14-18)20-22(24,15-16-7-3-1-4-8-16)21(27)26(25-20)19-9-5-2-6-10-19/h1-14H,15H2/t22-/m0/s1. The van der Waals surface area contributed by atoms with E-state index in [1.807, 2.05) is 84.9 Å². The molecule has 0 N–H and O–H groups in total. The molecule has 3 aromatic rings. The Morgan fingerprint density at radius 2 is 1.48 bits per heavy atom. The molecule has 0 spiro atoms. The Morgan fingerprint density at radius 1 is 0.889 bits per heavy atom. The van der Waals surface area contributed by atoms with E-state index in [9.17, 15) is 4.79 Å². The Kier molecular flexibility index (Phi) is 4.85. The fraction of sp³-hybridized carbons (Fsp3) is 0.0909. The molecule has 1 amide bonds. The van der Waals surface area contributed by atoms with Crippen LogP contribution >= 0.6 is 27.5 Å². The van der Waals surface area contributed by atoms with Crippen molar-refractivity contribution in [3.8, 4) is 0 Å². The molecule has 3 nitrogen and oxygen atoms in total. The van der Waals surface area contributed by atoms with Gasteiger partial charge in [0.05, 0.1) is 11.4 Å². The summed E-state index contributed by atoms with van der Waals surface area (Å²) >= 11 is 10.5. The van der Waals surface area contributed by atoms with Crippen molar-refractivity contribution in [2.45, 2.75) is 11.3 Å². The quantitative estimate of drug-likeness (QED) is 0.500. The molecule has 0 unspecified atom stereocenters. The van der Waals surface area contributed by atoms with Crippen LogP contribution in [-0.4, -0.2) is 16.5 Å². The van der Waals surface area contributed by atoms with E-state index < -0.39 is 4.87 Å². The zero-order valence-corrected chi connectivity index (χ0v) is 16.7. The number of rotatable bonds is 4. The average Bonchev–Trinajstić information content (AvgIpc) is 2.95. The van der Waals surface area contributed by atoms with Gasteiger partial charge in [0.2, 0.25) is 0 Å². The number of benzene rings is 3. The maximum absolute atomic E-state index is 13.4. The Hall–Kier alpha value is -2.43. The van der Waals surface area contributed by atoms with Crippen molar-refractivity contribution in [3.05, 3.63) is 101 Å². The topological polar surface area (TPSA) is 32.7 Å². The van der Waals surface area contributed by atoms with Crippen molar-refractivity contribution in [3.63, 3.8) is 0 Å². The molecule has 1 aliphatic heterocycles. The second-order valence-electron chi connectivity index (χ2n) is 6.37. The Morgan fingerprint density at radius 3 is 2.11 bits per heavy atom. The zero-order chi connectivity index (χ0) is 18.9.